The number of nitrogens with two attached hydrogens (primary N) is 1. The number of carbonyl (C=O) groups excluding carboxylic acids is 1. The maximum Gasteiger partial charge on any atom is 0.226 e. The Kier molecular flexibility index (Phi) is 6.91. The van der Waals surface area contributed by atoms with Crippen molar-refractivity contribution < 1.29 is 4.79 Å². The van der Waals surface area contributed by atoms with Crippen LogP contribution in [0.25, 0.3) is 0 Å². The quantitative estimate of drug-likeness (QED) is 0.408. The van der Waals surface area contributed by atoms with Crippen LogP contribution in [-0.4, -0.2) is 46.5 Å². The number of anilines is 1. The Balaban J connectivity index is 1.65. The topological polar surface area (TPSA) is 73.6 Å². The van der Waals surface area contributed by atoms with Gasteiger partial charge in [-0.1, -0.05) is 18.9 Å². The van der Waals surface area contributed by atoms with Gasteiger partial charge in [0.05, 0.1) is 0 Å². The molecule has 1 saturated carbocycles. The van der Waals surface area contributed by atoms with Crippen molar-refractivity contribution in [3.05, 3.63) is 28.8 Å². The SMILES string of the molecule is Cc1cc(CN2CCN(C(=O)C3CCCC3)[C@@H](C)C2)c(C)c(NC(=S)NN)c1. The van der Waals surface area contributed by atoms with E-state index in [-0.39, 0.29) is 12.0 Å². The number of thiocarbonyl (C=S) groups is 1. The van der Waals surface area contributed by atoms with Crippen molar-refractivity contribution in [3.8, 4) is 0 Å². The average Bonchev–Trinajstić information content (AvgIpc) is 3.19. The van der Waals surface area contributed by atoms with Gasteiger partial charge in [0.15, 0.2) is 5.11 Å². The molecular weight excluding hydrogens is 370 g/mol. The maximum atomic E-state index is 12.8. The molecule has 4 N–H and O–H groups in total. The molecule has 2 fully saturated rings. The summed E-state index contributed by atoms with van der Waals surface area (Å²) >= 11 is 5.15. The second-order valence-corrected chi connectivity index (χ2v) is 8.70. The fourth-order valence-corrected chi connectivity index (χ4v) is 4.65. The summed E-state index contributed by atoms with van der Waals surface area (Å²) in [6.07, 6.45) is 4.56. The highest BCUT2D eigenvalue weighted by atomic mass is 32.1. The summed E-state index contributed by atoms with van der Waals surface area (Å²) in [5.41, 5.74) is 7.11. The Hall–Kier alpha value is -1.70. The Morgan fingerprint density at radius 2 is 1.96 bits per heavy atom. The van der Waals surface area contributed by atoms with E-state index in [1.165, 1.54) is 29.5 Å². The predicted molar refractivity (Wildman–Crippen MR) is 118 cm³/mol. The van der Waals surface area contributed by atoms with Gasteiger partial charge in [-0.05, 0) is 68.6 Å². The van der Waals surface area contributed by atoms with Crippen molar-refractivity contribution in [2.45, 2.75) is 59.0 Å². The number of carbonyl (C=O) groups is 1. The lowest BCUT2D eigenvalue weighted by molar-refractivity contribution is -0.140. The number of nitrogens with one attached hydrogen (secondary N) is 2. The van der Waals surface area contributed by atoms with Crippen molar-refractivity contribution in [1.82, 2.24) is 15.2 Å². The van der Waals surface area contributed by atoms with Crippen LogP contribution < -0.4 is 16.6 Å². The van der Waals surface area contributed by atoms with E-state index in [4.69, 9.17) is 18.1 Å². The molecule has 7 heteroatoms. The number of piperazine rings is 1. The van der Waals surface area contributed by atoms with Crippen LogP contribution in [0.4, 0.5) is 5.69 Å². The van der Waals surface area contributed by atoms with Gasteiger partial charge in [-0.2, -0.15) is 0 Å². The highest BCUT2D eigenvalue weighted by molar-refractivity contribution is 7.80. The average molecular weight is 404 g/mol. The molecule has 3 rings (SSSR count). The van der Waals surface area contributed by atoms with Crippen LogP contribution in [0, 0.1) is 19.8 Å². The monoisotopic (exact) mass is 403 g/mol. The summed E-state index contributed by atoms with van der Waals surface area (Å²) in [5, 5.41) is 3.57. The zero-order valence-electron chi connectivity index (χ0n) is 17.3. The number of nitrogens with zero attached hydrogens (tertiary/aromatic N) is 2. The van der Waals surface area contributed by atoms with E-state index in [1.807, 2.05) is 0 Å². The lowest BCUT2D eigenvalue weighted by atomic mass is 10.0. The predicted octanol–water partition coefficient (Wildman–Crippen LogP) is 2.69. The minimum atomic E-state index is 0.263. The second-order valence-electron chi connectivity index (χ2n) is 8.29. The van der Waals surface area contributed by atoms with Crippen molar-refractivity contribution >= 4 is 28.9 Å². The van der Waals surface area contributed by atoms with Crippen LogP contribution in [0.3, 0.4) is 0 Å². The first kappa shape index (κ1) is 21.0. The molecule has 1 aromatic rings. The number of benzene rings is 1. The minimum absolute atomic E-state index is 0.263. The van der Waals surface area contributed by atoms with E-state index in [1.54, 1.807) is 0 Å². The van der Waals surface area contributed by atoms with Gasteiger partial charge in [0, 0.05) is 43.8 Å². The maximum absolute atomic E-state index is 12.8. The standard InChI is InChI=1S/C21H33N5OS/c1-14-10-18(16(3)19(11-14)23-21(28)24-22)13-25-8-9-26(15(2)12-25)20(27)17-6-4-5-7-17/h10-11,15,17H,4-9,12-13,22H2,1-3H3,(H2,23,24,28)/t15-/m0/s1. The number of rotatable bonds is 4. The molecule has 1 aliphatic heterocycles. The van der Waals surface area contributed by atoms with Gasteiger partial charge in [-0.25, -0.2) is 5.84 Å². The van der Waals surface area contributed by atoms with Gasteiger partial charge in [-0.3, -0.25) is 9.69 Å². The van der Waals surface area contributed by atoms with Gasteiger partial charge >= 0.3 is 0 Å². The van der Waals surface area contributed by atoms with E-state index in [0.29, 0.717) is 11.0 Å². The molecule has 0 unspecified atom stereocenters. The van der Waals surface area contributed by atoms with Crippen LogP contribution in [0.15, 0.2) is 12.1 Å². The normalized spacial score (nSPS) is 21.0. The number of amides is 1. The fourth-order valence-electron chi connectivity index (χ4n) is 4.54. The Morgan fingerprint density at radius 3 is 2.61 bits per heavy atom. The number of hydrogen-bond donors (Lipinski definition) is 3. The minimum Gasteiger partial charge on any atom is -0.337 e. The third-order valence-corrected chi connectivity index (χ3v) is 6.35. The van der Waals surface area contributed by atoms with Gasteiger partial charge in [0.25, 0.3) is 0 Å². The van der Waals surface area contributed by atoms with Crippen LogP contribution in [0.1, 0.15) is 49.3 Å². The molecule has 1 atom stereocenters. The van der Waals surface area contributed by atoms with Gasteiger partial charge in [0.2, 0.25) is 5.91 Å². The summed E-state index contributed by atoms with van der Waals surface area (Å²) in [5.74, 6) is 6.04. The first-order chi connectivity index (χ1) is 13.4. The molecule has 1 amide bonds. The zero-order valence-corrected chi connectivity index (χ0v) is 18.1. The van der Waals surface area contributed by atoms with Crippen LogP contribution >= 0.6 is 12.2 Å². The first-order valence-electron chi connectivity index (χ1n) is 10.3. The summed E-state index contributed by atoms with van der Waals surface area (Å²) in [6.45, 7) is 9.92. The van der Waals surface area contributed by atoms with E-state index in [2.05, 4.69) is 53.4 Å². The molecule has 2 aliphatic rings. The molecule has 0 spiro atoms. The summed E-state index contributed by atoms with van der Waals surface area (Å²) in [6, 6.07) is 4.59. The number of hydrazine groups is 1. The third-order valence-electron chi connectivity index (χ3n) is 6.13. The van der Waals surface area contributed by atoms with E-state index >= 15 is 0 Å². The van der Waals surface area contributed by atoms with Gasteiger partial charge < -0.3 is 15.6 Å². The van der Waals surface area contributed by atoms with E-state index in [9.17, 15) is 4.79 Å². The lowest BCUT2D eigenvalue weighted by Gasteiger charge is -2.41. The Morgan fingerprint density at radius 1 is 1.25 bits per heavy atom. The second kappa shape index (κ2) is 9.20. The highest BCUT2D eigenvalue weighted by Gasteiger charge is 2.33. The van der Waals surface area contributed by atoms with Crippen molar-refractivity contribution in [3.63, 3.8) is 0 Å². The van der Waals surface area contributed by atoms with Gasteiger partial charge in [0.1, 0.15) is 0 Å². The molecule has 0 bridgehead atoms. The lowest BCUT2D eigenvalue weighted by Crippen LogP contribution is -2.54. The summed E-state index contributed by atoms with van der Waals surface area (Å²) < 4.78 is 0. The highest BCUT2D eigenvalue weighted by Crippen LogP contribution is 2.29. The van der Waals surface area contributed by atoms with E-state index in [0.717, 1.165) is 44.7 Å². The Labute approximate surface area is 173 Å². The first-order valence-corrected chi connectivity index (χ1v) is 10.7. The van der Waals surface area contributed by atoms with Crippen LogP contribution in [-0.2, 0) is 11.3 Å². The number of aryl methyl sites for hydroxylation is 1. The molecule has 0 aromatic heterocycles. The molecule has 28 heavy (non-hydrogen) atoms. The third kappa shape index (κ3) is 4.82. The largest absolute Gasteiger partial charge is 0.337 e. The summed E-state index contributed by atoms with van der Waals surface area (Å²) in [4.78, 5) is 17.4. The smallest absolute Gasteiger partial charge is 0.226 e. The molecule has 1 heterocycles. The van der Waals surface area contributed by atoms with Crippen LogP contribution in [0.5, 0.6) is 0 Å². The van der Waals surface area contributed by atoms with E-state index < -0.39 is 0 Å². The zero-order chi connectivity index (χ0) is 20.3. The van der Waals surface area contributed by atoms with Crippen molar-refractivity contribution in [2.24, 2.45) is 11.8 Å². The number of hydrogen-bond acceptors (Lipinski definition) is 4. The van der Waals surface area contributed by atoms with Crippen LogP contribution in [0.2, 0.25) is 0 Å². The summed E-state index contributed by atoms with van der Waals surface area (Å²) in [7, 11) is 0. The molecule has 154 valence electrons. The molecular formula is C21H33N5OS. The van der Waals surface area contributed by atoms with Crippen molar-refractivity contribution in [1.29, 1.82) is 0 Å². The molecule has 0 radical (unpaired) electrons. The molecule has 6 nitrogen and oxygen atoms in total. The van der Waals surface area contributed by atoms with Crippen molar-refractivity contribution in [2.75, 3.05) is 25.0 Å². The van der Waals surface area contributed by atoms with Gasteiger partial charge in [-0.15, -0.1) is 0 Å². The molecule has 1 saturated heterocycles. The molecule has 1 aliphatic carbocycles. The fraction of sp³-hybridized carbons (Fsp3) is 0.619. The molecule has 1 aromatic carbocycles. The Bertz CT molecular complexity index is 732.